The van der Waals surface area contributed by atoms with Gasteiger partial charge in [0.15, 0.2) is 0 Å². The van der Waals surface area contributed by atoms with Crippen molar-refractivity contribution in [3.05, 3.63) is 0 Å². The van der Waals surface area contributed by atoms with Crippen molar-refractivity contribution < 1.29 is 4.79 Å². The van der Waals surface area contributed by atoms with Crippen LogP contribution < -0.4 is 0 Å². The summed E-state index contributed by atoms with van der Waals surface area (Å²) in [5, 5.41) is 0. The van der Waals surface area contributed by atoms with E-state index in [4.69, 9.17) is 11.6 Å². The number of amides is 1. The Kier molecular flexibility index (Phi) is 2.50. The van der Waals surface area contributed by atoms with Gasteiger partial charge in [0.05, 0.1) is 0 Å². The Morgan fingerprint density at radius 3 is 2.64 bits per heavy atom. The minimum Gasteiger partial charge on any atom is -0.342 e. The first kappa shape index (κ1) is 10.3. The van der Waals surface area contributed by atoms with E-state index in [0.717, 1.165) is 25.9 Å². The summed E-state index contributed by atoms with van der Waals surface area (Å²) in [6.45, 7) is 6.14. The standard InChI is InChI=1S/C11H18ClNO/c1-8-5-13(7-11(8,2)6-12)10(14)9-3-4-9/h8-9H,3-7H2,1-2H3. The molecule has 1 saturated heterocycles. The van der Waals surface area contributed by atoms with Gasteiger partial charge in [-0.3, -0.25) is 4.79 Å². The van der Waals surface area contributed by atoms with Crippen LogP contribution in [0.1, 0.15) is 26.7 Å². The second-order valence-corrected chi connectivity index (χ2v) is 5.45. The zero-order valence-corrected chi connectivity index (χ0v) is 9.68. The highest BCUT2D eigenvalue weighted by Gasteiger charge is 2.44. The number of carbonyl (C=O) groups is 1. The number of rotatable bonds is 2. The van der Waals surface area contributed by atoms with Crippen LogP contribution in [0.25, 0.3) is 0 Å². The van der Waals surface area contributed by atoms with Gasteiger partial charge < -0.3 is 4.90 Å². The van der Waals surface area contributed by atoms with Crippen molar-refractivity contribution in [2.75, 3.05) is 19.0 Å². The molecule has 1 aliphatic carbocycles. The fraction of sp³-hybridized carbons (Fsp3) is 0.909. The molecule has 1 aliphatic heterocycles. The van der Waals surface area contributed by atoms with Crippen LogP contribution in [0.4, 0.5) is 0 Å². The molecule has 2 atom stereocenters. The molecular weight excluding hydrogens is 198 g/mol. The Balaban J connectivity index is 2.01. The summed E-state index contributed by atoms with van der Waals surface area (Å²) in [5.41, 5.74) is 0.131. The summed E-state index contributed by atoms with van der Waals surface area (Å²) < 4.78 is 0. The maximum Gasteiger partial charge on any atom is 0.225 e. The SMILES string of the molecule is CC1CN(C(=O)C2CC2)CC1(C)CCl. The summed E-state index contributed by atoms with van der Waals surface area (Å²) in [4.78, 5) is 13.9. The van der Waals surface area contributed by atoms with E-state index in [2.05, 4.69) is 13.8 Å². The van der Waals surface area contributed by atoms with Gasteiger partial charge >= 0.3 is 0 Å². The van der Waals surface area contributed by atoms with Crippen molar-refractivity contribution >= 4 is 17.5 Å². The first-order valence-electron chi connectivity index (χ1n) is 5.41. The predicted octanol–water partition coefficient (Wildman–Crippen LogP) is 2.12. The number of nitrogens with zero attached hydrogens (tertiary/aromatic N) is 1. The number of carbonyl (C=O) groups excluding carboxylic acids is 1. The normalized spacial score (nSPS) is 37.6. The number of likely N-dealkylation sites (tertiary alicyclic amines) is 1. The molecule has 80 valence electrons. The van der Waals surface area contributed by atoms with Gasteiger partial charge in [-0.1, -0.05) is 13.8 Å². The van der Waals surface area contributed by atoms with Gasteiger partial charge in [-0.15, -0.1) is 11.6 Å². The molecule has 2 nitrogen and oxygen atoms in total. The quantitative estimate of drug-likeness (QED) is 0.647. The second-order valence-electron chi connectivity index (χ2n) is 5.18. The molecule has 2 fully saturated rings. The average Bonchev–Trinajstić information content (AvgIpc) is 2.94. The molecule has 2 aliphatic rings. The Hall–Kier alpha value is -0.240. The van der Waals surface area contributed by atoms with E-state index >= 15 is 0 Å². The molecule has 1 amide bonds. The van der Waals surface area contributed by atoms with E-state index in [0.29, 0.717) is 23.6 Å². The molecule has 0 aromatic carbocycles. The Bertz CT molecular complexity index is 252. The number of alkyl halides is 1. The molecule has 0 bridgehead atoms. The highest BCUT2D eigenvalue weighted by atomic mass is 35.5. The summed E-state index contributed by atoms with van der Waals surface area (Å²) in [5.74, 6) is 1.90. The minimum absolute atomic E-state index is 0.131. The van der Waals surface area contributed by atoms with Crippen LogP contribution in [0.2, 0.25) is 0 Å². The summed E-state index contributed by atoms with van der Waals surface area (Å²) in [6, 6.07) is 0. The Morgan fingerprint density at radius 1 is 1.57 bits per heavy atom. The maximum atomic E-state index is 11.8. The first-order valence-corrected chi connectivity index (χ1v) is 5.95. The van der Waals surface area contributed by atoms with Gasteiger partial charge in [0.1, 0.15) is 0 Å². The molecule has 2 unspecified atom stereocenters. The molecule has 14 heavy (non-hydrogen) atoms. The summed E-state index contributed by atoms with van der Waals surface area (Å²) >= 11 is 5.97. The van der Waals surface area contributed by atoms with Crippen molar-refractivity contribution in [1.29, 1.82) is 0 Å². The molecular formula is C11H18ClNO. The third kappa shape index (κ3) is 1.65. The van der Waals surface area contributed by atoms with Crippen LogP contribution >= 0.6 is 11.6 Å². The van der Waals surface area contributed by atoms with Crippen molar-refractivity contribution in [2.24, 2.45) is 17.3 Å². The van der Waals surface area contributed by atoms with Crippen LogP contribution in [0.15, 0.2) is 0 Å². The minimum atomic E-state index is 0.131. The lowest BCUT2D eigenvalue weighted by molar-refractivity contribution is -0.131. The van der Waals surface area contributed by atoms with Gasteiger partial charge in [0.25, 0.3) is 0 Å². The van der Waals surface area contributed by atoms with Crippen LogP contribution in [-0.4, -0.2) is 29.8 Å². The molecule has 0 aromatic heterocycles. The number of hydrogen-bond acceptors (Lipinski definition) is 1. The summed E-state index contributed by atoms with van der Waals surface area (Å²) in [6.07, 6.45) is 2.20. The number of hydrogen-bond donors (Lipinski definition) is 0. The van der Waals surface area contributed by atoms with E-state index in [1.54, 1.807) is 0 Å². The molecule has 1 heterocycles. The molecule has 0 aromatic rings. The second kappa shape index (κ2) is 3.41. The molecule has 0 N–H and O–H groups in total. The summed E-state index contributed by atoms with van der Waals surface area (Å²) in [7, 11) is 0. The van der Waals surface area contributed by atoms with Gasteiger partial charge in [-0.05, 0) is 18.8 Å². The third-order valence-corrected chi connectivity index (χ3v) is 4.39. The lowest BCUT2D eigenvalue weighted by Gasteiger charge is -2.24. The molecule has 1 saturated carbocycles. The van der Waals surface area contributed by atoms with Gasteiger partial charge in [-0.25, -0.2) is 0 Å². The topological polar surface area (TPSA) is 20.3 Å². The first-order chi connectivity index (χ1) is 6.57. The van der Waals surface area contributed by atoms with E-state index in [1.807, 2.05) is 4.90 Å². The largest absolute Gasteiger partial charge is 0.342 e. The fourth-order valence-corrected chi connectivity index (χ4v) is 2.49. The van der Waals surface area contributed by atoms with Crippen LogP contribution in [0.5, 0.6) is 0 Å². The Morgan fingerprint density at radius 2 is 2.21 bits per heavy atom. The van der Waals surface area contributed by atoms with E-state index in [1.165, 1.54) is 0 Å². The van der Waals surface area contributed by atoms with Gasteiger partial charge in [-0.2, -0.15) is 0 Å². The van der Waals surface area contributed by atoms with Crippen LogP contribution in [0.3, 0.4) is 0 Å². The smallest absolute Gasteiger partial charge is 0.225 e. The van der Waals surface area contributed by atoms with E-state index < -0.39 is 0 Å². The maximum absolute atomic E-state index is 11.8. The van der Waals surface area contributed by atoms with Gasteiger partial charge in [0, 0.05) is 30.3 Å². The zero-order chi connectivity index (χ0) is 10.3. The van der Waals surface area contributed by atoms with Crippen LogP contribution in [0, 0.1) is 17.3 Å². The van der Waals surface area contributed by atoms with E-state index in [-0.39, 0.29) is 5.41 Å². The molecule has 0 radical (unpaired) electrons. The lowest BCUT2D eigenvalue weighted by Crippen LogP contribution is -2.32. The van der Waals surface area contributed by atoms with Crippen molar-refractivity contribution in [2.45, 2.75) is 26.7 Å². The highest BCUT2D eigenvalue weighted by molar-refractivity contribution is 6.18. The zero-order valence-electron chi connectivity index (χ0n) is 8.92. The molecule has 2 rings (SSSR count). The van der Waals surface area contributed by atoms with E-state index in [9.17, 15) is 4.79 Å². The fourth-order valence-electron chi connectivity index (χ4n) is 2.14. The van der Waals surface area contributed by atoms with Crippen molar-refractivity contribution in [3.8, 4) is 0 Å². The molecule has 0 spiro atoms. The Labute approximate surface area is 90.6 Å². The van der Waals surface area contributed by atoms with Gasteiger partial charge in [0.2, 0.25) is 5.91 Å². The highest BCUT2D eigenvalue weighted by Crippen LogP contribution is 2.39. The molecule has 3 heteroatoms. The number of halogens is 1. The van der Waals surface area contributed by atoms with Crippen LogP contribution in [-0.2, 0) is 4.79 Å². The van der Waals surface area contributed by atoms with Crippen molar-refractivity contribution in [1.82, 2.24) is 4.90 Å². The third-order valence-electron chi connectivity index (χ3n) is 3.78. The lowest BCUT2D eigenvalue weighted by atomic mass is 9.83. The van der Waals surface area contributed by atoms with Crippen molar-refractivity contribution in [3.63, 3.8) is 0 Å². The average molecular weight is 216 g/mol. The monoisotopic (exact) mass is 215 g/mol. The predicted molar refractivity (Wildman–Crippen MR) is 57.3 cm³/mol.